The number of carbonyl (C=O) groups is 1. The largest absolute Gasteiger partial charge is 0.465 e. The Hall–Kier alpha value is -3.75. The molecule has 9 heteroatoms. The molecule has 2 aromatic carbocycles. The summed E-state index contributed by atoms with van der Waals surface area (Å²) in [6.45, 7) is 1.58. The van der Waals surface area contributed by atoms with Crippen LogP contribution in [0.1, 0.15) is 29.6 Å². The van der Waals surface area contributed by atoms with Crippen LogP contribution in [-0.2, 0) is 4.74 Å². The van der Waals surface area contributed by atoms with Gasteiger partial charge in [-0.2, -0.15) is 0 Å². The van der Waals surface area contributed by atoms with Gasteiger partial charge in [-0.25, -0.2) is 9.18 Å². The fourth-order valence-corrected chi connectivity index (χ4v) is 3.72. The van der Waals surface area contributed by atoms with Crippen LogP contribution >= 0.6 is 0 Å². The second-order valence-corrected chi connectivity index (χ2v) is 7.27. The van der Waals surface area contributed by atoms with Crippen molar-refractivity contribution in [3.05, 3.63) is 64.0 Å². The number of halogens is 1. The summed E-state index contributed by atoms with van der Waals surface area (Å²) in [7, 11) is 1.18. The van der Waals surface area contributed by atoms with E-state index in [1.165, 1.54) is 25.3 Å². The molecule has 3 aromatic rings. The van der Waals surface area contributed by atoms with E-state index in [1.807, 2.05) is 4.90 Å². The molecule has 2 heterocycles. The molecule has 31 heavy (non-hydrogen) atoms. The highest BCUT2D eigenvalue weighted by atomic mass is 19.1. The third-order valence-corrected chi connectivity index (χ3v) is 5.33. The first-order chi connectivity index (χ1) is 15.0. The molecule has 1 aliphatic heterocycles. The summed E-state index contributed by atoms with van der Waals surface area (Å²) in [6, 6.07) is 10.5. The monoisotopic (exact) mass is 425 g/mol. The Kier molecular flexibility index (Phi) is 5.66. The van der Waals surface area contributed by atoms with Crippen molar-refractivity contribution < 1.29 is 23.4 Å². The smallest absolute Gasteiger partial charge is 0.340 e. The first-order valence-electron chi connectivity index (χ1n) is 9.86. The predicted octanol–water partition coefficient (Wildman–Crippen LogP) is 4.83. The normalized spacial score (nSPS) is 13.8. The zero-order chi connectivity index (χ0) is 22.0. The minimum Gasteiger partial charge on any atom is -0.465 e. The Morgan fingerprint density at radius 2 is 1.87 bits per heavy atom. The van der Waals surface area contributed by atoms with Gasteiger partial charge in [-0.1, -0.05) is 11.2 Å². The SMILES string of the molecule is COC(=O)c1ccc(-c2cc(-c3ccc(N4CCCCC4)c([N+](=O)[O-])c3)on2)cc1F. The number of nitro groups is 1. The van der Waals surface area contributed by atoms with E-state index in [0.29, 0.717) is 28.3 Å². The quantitative estimate of drug-likeness (QED) is 0.328. The lowest BCUT2D eigenvalue weighted by Gasteiger charge is -2.28. The third kappa shape index (κ3) is 4.11. The van der Waals surface area contributed by atoms with Gasteiger partial charge in [0.05, 0.1) is 17.6 Å². The Bertz CT molecular complexity index is 1140. The number of carbonyl (C=O) groups excluding carboxylic acids is 1. The van der Waals surface area contributed by atoms with Gasteiger partial charge in [0.1, 0.15) is 17.2 Å². The lowest BCUT2D eigenvalue weighted by atomic mass is 10.1. The molecule has 0 radical (unpaired) electrons. The van der Waals surface area contributed by atoms with Crippen LogP contribution in [0.25, 0.3) is 22.6 Å². The maximum Gasteiger partial charge on any atom is 0.340 e. The van der Waals surface area contributed by atoms with Gasteiger partial charge < -0.3 is 14.2 Å². The molecular formula is C22H20FN3O5. The molecule has 8 nitrogen and oxygen atoms in total. The van der Waals surface area contributed by atoms with Crippen molar-refractivity contribution in [1.82, 2.24) is 5.16 Å². The lowest BCUT2D eigenvalue weighted by molar-refractivity contribution is -0.384. The van der Waals surface area contributed by atoms with Gasteiger partial charge in [0.25, 0.3) is 5.69 Å². The van der Waals surface area contributed by atoms with E-state index in [0.717, 1.165) is 38.4 Å². The Morgan fingerprint density at radius 1 is 1.13 bits per heavy atom. The summed E-state index contributed by atoms with van der Waals surface area (Å²) in [5.74, 6) is -1.19. The topological polar surface area (TPSA) is 98.7 Å². The van der Waals surface area contributed by atoms with Crippen LogP contribution in [0.4, 0.5) is 15.8 Å². The van der Waals surface area contributed by atoms with Gasteiger partial charge in [-0.3, -0.25) is 10.1 Å². The molecule has 160 valence electrons. The summed E-state index contributed by atoms with van der Waals surface area (Å²) in [6.07, 6.45) is 3.15. The van der Waals surface area contributed by atoms with Crippen molar-refractivity contribution in [2.45, 2.75) is 19.3 Å². The van der Waals surface area contributed by atoms with E-state index < -0.39 is 16.7 Å². The van der Waals surface area contributed by atoms with E-state index in [4.69, 9.17) is 4.52 Å². The molecule has 0 bridgehead atoms. The van der Waals surface area contributed by atoms with Crippen molar-refractivity contribution in [2.24, 2.45) is 0 Å². The number of rotatable bonds is 5. The molecule has 1 saturated heterocycles. The average molecular weight is 425 g/mol. The number of nitro benzene ring substituents is 1. The molecule has 1 fully saturated rings. The van der Waals surface area contributed by atoms with Crippen molar-refractivity contribution in [3.63, 3.8) is 0 Å². The Balaban J connectivity index is 1.64. The predicted molar refractivity (Wildman–Crippen MR) is 111 cm³/mol. The van der Waals surface area contributed by atoms with E-state index >= 15 is 0 Å². The van der Waals surface area contributed by atoms with Gasteiger partial charge in [0, 0.05) is 36.3 Å². The van der Waals surface area contributed by atoms with Crippen molar-refractivity contribution in [1.29, 1.82) is 0 Å². The molecule has 1 aliphatic rings. The molecule has 0 atom stereocenters. The minimum absolute atomic E-state index is 0.00539. The Morgan fingerprint density at radius 3 is 2.55 bits per heavy atom. The zero-order valence-corrected chi connectivity index (χ0v) is 16.8. The van der Waals surface area contributed by atoms with Gasteiger partial charge in [0.15, 0.2) is 5.76 Å². The average Bonchev–Trinajstić information content (AvgIpc) is 3.29. The van der Waals surface area contributed by atoms with Crippen molar-refractivity contribution >= 4 is 17.3 Å². The third-order valence-electron chi connectivity index (χ3n) is 5.33. The summed E-state index contributed by atoms with van der Waals surface area (Å²) in [5.41, 5.74) is 1.66. The Labute approximate surface area is 177 Å². The molecule has 0 N–H and O–H groups in total. The number of ether oxygens (including phenoxy) is 1. The van der Waals surface area contributed by atoms with E-state index in [2.05, 4.69) is 9.89 Å². The van der Waals surface area contributed by atoms with Crippen LogP contribution in [-0.4, -0.2) is 36.2 Å². The number of nitrogens with zero attached hydrogens (tertiary/aromatic N) is 3. The van der Waals surface area contributed by atoms with Crippen LogP contribution in [0.3, 0.4) is 0 Å². The summed E-state index contributed by atoms with van der Waals surface area (Å²) < 4.78 is 24.1. The summed E-state index contributed by atoms with van der Waals surface area (Å²) >= 11 is 0. The highest BCUT2D eigenvalue weighted by Crippen LogP contribution is 2.35. The number of methoxy groups -OCH3 is 1. The minimum atomic E-state index is -0.772. The van der Waals surface area contributed by atoms with Crippen LogP contribution in [0.5, 0.6) is 0 Å². The van der Waals surface area contributed by atoms with Crippen molar-refractivity contribution in [3.8, 4) is 22.6 Å². The van der Waals surface area contributed by atoms with Crippen molar-refractivity contribution in [2.75, 3.05) is 25.1 Å². The van der Waals surface area contributed by atoms with Gasteiger partial charge in [0.2, 0.25) is 0 Å². The second-order valence-electron chi connectivity index (χ2n) is 7.27. The zero-order valence-electron chi connectivity index (χ0n) is 16.8. The maximum atomic E-state index is 14.2. The molecule has 1 aromatic heterocycles. The first-order valence-corrected chi connectivity index (χ1v) is 9.86. The van der Waals surface area contributed by atoms with E-state index in [1.54, 1.807) is 18.2 Å². The van der Waals surface area contributed by atoms with Crippen LogP contribution < -0.4 is 4.90 Å². The van der Waals surface area contributed by atoms with E-state index in [-0.39, 0.29) is 11.3 Å². The molecule has 0 unspecified atom stereocenters. The number of benzene rings is 2. The van der Waals surface area contributed by atoms with E-state index in [9.17, 15) is 19.3 Å². The van der Waals surface area contributed by atoms with Gasteiger partial charge in [-0.15, -0.1) is 0 Å². The number of hydrogen-bond donors (Lipinski definition) is 0. The molecule has 0 spiro atoms. The van der Waals surface area contributed by atoms with Gasteiger partial charge >= 0.3 is 5.97 Å². The number of aromatic nitrogens is 1. The molecule has 0 saturated carbocycles. The second kappa shape index (κ2) is 8.55. The molecule has 4 rings (SSSR count). The fraction of sp³-hybridized carbons (Fsp3) is 0.273. The number of esters is 1. The number of piperidine rings is 1. The highest BCUT2D eigenvalue weighted by Gasteiger charge is 2.23. The summed E-state index contributed by atoms with van der Waals surface area (Å²) in [5, 5.41) is 15.6. The number of hydrogen-bond acceptors (Lipinski definition) is 7. The van der Waals surface area contributed by atoms with Crippen LogP contribution in [0.2, 0.25) is 0 Å². The molecule has 0 aliphatic carbocycles. The molecular weight excluding hydrogens is 405 g/mol. The summed E-state index contributed by atoms with van der Waals surface area (Å²) in [4.78, 5) is 24.9. The van der Waals surface area contributed by atoms with Crippen LogP contribution in [0, 0.1) is 15.9 Å². The molecule has 0 amide bonds. The standard InChI is InChI=1S/C22H20FN3O5/c1-30-22(27)16-7-5-14(11-17(16)23)18-13-21(31-24-18)15-6-8-19(20(12-15)26(28)29)25-9-3-2-4-10-25/h5-8,11-13H,2-4,9-10H2,1H3. The van der Waals surface area contributed by atoms with Crippen LogP contribution in [0.15, 0.2) is 47.0 Å². The number of anilines is 1. The van der Waals surface area contributed by atoms with Gasteiger partial charge in [-0.05, 0) is 43.5 Å². The lowest BCUT2D eigenvalue weighted by Crippen LogP contribution is -2.29. The highest BCUT2D eigenvalue weighted by molar-refractivity contribution is 5.90. The maximum absolute atomic E-state index is 14.2. The fourth-order valence-electron chi connectivity index (χ4n) is 3.72. The first kappa shape index (κ1) is 20.5.